The molecule has 0 bridgehead atoms. The molecule has 2 aromatic rings. The number of halogens is 2. The van der Waals surface area contributed by atoms with Gasteiger partial charge in [0.25, 0.3) is 0 Å². The molecular weight excluding hydrogens is 324 g/mol. The summed E-state index contributed by atoms with van der Waals surface area (Å²) in [5, 5.41) is 0.737. The second-order valence-corrected chi connectivity index (χ2v) is 5.80. The van der Waals surface area contributed by atoms with Gasteiger partial charge < -0.3 is 10.6 Å². The standard InChI is InChI=1S/C15H16BrClN2/c1-19(10-12-3-2-4-13(16)7-12)15-6-5-11(9-18)8-14(15)17/h2-8H,9-10,18H2,1H3. The van der Waals surface area contributed by atoms with Crippen LogP contribution in [-0.4, -0.2) is 7.05 Å². The first-order valence-electron chi connectivity index (χ1n) is 6.04. The van der Waals surface area contributed by atoms with Crippen LogP contribution >= 0.6 is 27.5 Å². The summed E-state index contributed by atoms with van der Waals surface area (Å²) < 4.78 is 1.09. The van der Waals surface area contributed by atoms with E-state index in [-0.39, 0.29) is 0 Å². The number of nitrogens with zero attached hydrogens (tertiary/aromatic N) is 1. The van der Waals surface area contributed by atoms with E-state index in [4.69, 9.17) is 17.3 Å². The zero-order valence-electron chi connectivity index (χ0n) is 10.7. The number of nitrogens with two attached hydrogens (primary N) is 1. The highest BCUT2D eigenvalue weighted by Gasteiger charge is 2.07. The Labute approximate surface area is 127 Å². The fourth-order valence-electron chi connectivity index (χ4n) is 1.98. The lowest BCUT2D eigenvalue weighted by molar-refractivity contribution is 0.920. The average molecular weight is 340 g/mol. The molecule has 100 valence electrons. The predicted octanol–water partition coefficient (Wildman–Crippen LogP) is 4.20. The maximum absolute atomic E-state index is 6.29. The summed E-state index contributed by atoms with van der Waals surface area (Å²) in [6, 6.07) is 14.2. The largest absolute Gasteiger partial charge is 0.369 e. The zero-order chi connectivity index (χ0) is 13.8. The van der Waals surface area contributed by atoms with E-state index in [1.165, 1.54) is 5.56 Å². The van der Waals surface area contributed by atoms with Crippen LogP contribution < -0.4 is 10.6 Å². The van der Waals surface area contributed by atoms with Crippen LogP contribution in [0, 0.1) is 0 Å². The molecule has 0 fully saturated rings. The van der Waals surface area contributed by atoms with Crippen LogP contribution in [0.15, 0.2) is 46.9 Å². The molecule has 0 atom stereocenters. The molecule has 0 aliphatic heterocycles. The molecule has 0 aromatic heterocycles. The summed E-state index contributed by atoms with van der Waals surface area (Å²) >= 11 is 9.78. The highest BCUT2D eigenvalue weighted by atomic mass is 79.9. The molecule has 2 N–H and O–H groups in total. The first kappa shape index (κ1) is 14.4. The van der Waals surface area contributed by atoms with Crippen LogP contribution in [0.2, 0.25) is 5.02 Å². The Kier molecular flexibility index (Phi) is 4.86. The summed E-state index contributed by atoms with van der Waals surface area (Å²) in [5.41, 5.74) is 8.90. The van der Waals surface area contributed by atoms with Gasteiger partial charge in [-0.3, -0.25) is 0 Å². The first-order chi connectivity index (χ1) is 9.10. The molecule has 2 aromatic carbocycles. The molecule has 0 saturated heterocycles. The summed E-state index contributed by atoms with van der Waals surface area (Å²) in [6.07, 6.45) is 0. The molecule has 19 heavy (non-hydrogen) atoms. The molecule has 0 radical (unpaired) electrons. The van der Waals surface area contributed by atoms with Gasteiger partial charge in [-0.2, -0.15) is 0 Å². The van der Waals surface area contributed by atoms with E-state index in [1.54, 1.807) is 0 Å². The van der Waals surface area contributed by atoms with Crippen molar-refractivity contribution in [1.29, 1.82) is 0 Å². The summed E-state index contributed by atoms with van der Waals surface area (Å²) in [5.74, 6) is 0. The Hall–Kier alpha value is -1.03. The summed E-state index contributed by atoms with van der Waals surface area (Å²) in [7, 11) is 2.03. The van der Waals surface area contributed by atoms with Gasteiger partial charge in [0.15, 0.2) is 0 Å². The minimum Gasteiger partial charge on any atom is -0.369 e. The Morgan fingerprint density at radius 3 is 2.58 bits per heavy atom. The second-order valence-electron chi connectivity index (χ2n) is 4.48. The van der Waals surface area contributed by atoms with Crippen molar-refractivity contribution in [3.8, 4) is 0 Å². The van der Waals surface area contributed by atoms with Crippen LogP contribution in [0.1, 0.15) is 11.1 Å². The third-order valence-corrected chi connectivity index (χ3v) is 3.76. The SMILES string of the molecule is CN(Cc1cccc(Br)c1)c1ccc(CN)cc1Cl. The van der Waals surface area contributed by atoms with Crippen molar-refractivity contribution in [2.75, 3.05) is 11.9 Å². The van der Waals surface area contributed by atoms with Crippen molar-refractivity contribution in [1.82, 2.24) is 0 Å². The van der Waals surface area contributed by atoms with E-state index in [2.05, 4.69) is 33.0 Å². The Balaban J connectivity index is 2.18. The van der Waals surface area contributed by atoms with E-state index < -0.39 is 0 Å². The number of anilines is 1. The molecule has 4 heteroatoms. The fourth-order valence-corrected chi connectivity index (χ4v) is 2.78. The molecule has 0 heterocycles. The van der Waals surface area contributed by atoms with Gasteiger partial charge in [-0.1, -0.05) is 45.7 Å². The minimum atomic E-state index is 0.509. The first-order valence-corrected chi connectivity index (χ1v) is 7.21. The predicted molar refractivity (Wildman–Crippen MR) is 85.6 cm³/mol. The van der Waals surface area contributed by atoms with Gasteiger partial charge in [-0.05, 0) is 35.4 Å². The van der Waals surface area contributed by atoms with E-state index in [1.807, 2.05) is 37.4 Å². The Bertz CT molecular complexity index is 572. The van der Waals surface area contributed by atoms with E-state index >= 15 is 0 Å². The Morgan fingerprint density at radius 2 is 1.95 bits per heavy atom. The highest BCUT2D eigenvalue weighted by molar-refractivity contribution is 9.10. The number of benzene rings is 2. The number of hydrogen-bond donors (Lipinski definition) is 1. The van der Waals surface area contributed by atoms with Crippen LogP contribution in [0.5, 0.6) is 0 Å². The Morgan fingerprint density at radius 1 is 1.16 bits per heavy atom. The molecule has 2 rings (SSSR count). The molecule has 0 aliphatic rings. The number of rotatable bonds is 4. The number of hydrogen-bond acceptors (Lipinski definition) is 2. The lowest BCUT2D eigenvalue weighted by atomic mass is 10.1. The molecule has 0 saturated carbocycles. The maximum atomic E-state index is 6.29. The smallest absolute Gasteiger partial charge is 0.0642 e. The molecule has 0 spiro atoms. The average Bonchev–Trinajstić information content (AvgIpc) is 2.38. The van der Waals surface area contributed by atoms with Crippen LogP contribution in [-0.2, 0) is 13.1 Å². The normalized spacial score (nSPS) is 10.5. The molecule has 2 nitrogen and oxygen atoms in total. The third kappa shape index (κ3) is 3.72. The zero-order valence-corrected chi connectivity index (χ0v) is 13.1. The van der Waals surface area contributed by atoms with Gasteiger partial charge in [-0.25, -0.2) is 0 Å². The van der Waals surface area contributed by atoms with Gasteiger partial charge in [0.2, 0.25) is 0 Å². The molecule has 0 amide bonds. The van der Waals surface area contributed by atoms with Crippen LogP contribution in [0.25, 0.3) is 0 Å². The van der Waals surface area contributed by atoms with Crippen molar-refractivity contribution in [2.45, 2.75) is 13.1 Å². The monoisotopic (exact) mass is 338 g/mol. The highest BCUT2D eigenvalue weighted by Crippen LogP contribution is 2.27. The van der Waals surface area contributed by atoms with Crippen LogP contribution in [0.3, 0.4) is 0 Å². The van der Waals surface area contributed by atoms with Gasteiger partial charge in [0.05, 0.1) is 10.7 Å². The van der Waals surface area contributed by atoms with Crippen molar-refractivity contribution < 1.29 is 0 Å². The fraction of sp³-hybridized carbons (Fsp3) is 0.200. The molecule has 0 unspecified atom stereocenters. The van der Waals surface area contributed by atoms with Gasteiger partial charge in [0, 0.05) is 24.6 Å². The van der Waals surface area contributed by atoms with E-state index in [0.29, 0.717) is 6.54 Å². The van der Waals surface area contributed by atoms with E-state index in [0.717, 1.165) is 27.3 Å². The van der Waals surface area contributed by atoms with Crippen molar-refractivity contribution >= 4 is 33.2 Å². The molecule has 0 aliphatic carbocycles. The lowest BCUT2D eigenvalue weighted by Gasteiger charge is -2.21. The quantitative estimate of drug-likeness (QED) is 0.904. The summed E-state index contributed by atoms with van der Waals surface area (Å²) in [4.78, 5) is 2.13. The van der Waals surface area contributed by atoms with Crippen molar-refractivity contribution in [3.05, 3.63) is 63.1 Å². The van der Waals surface area contributed by atoms with Crippen LogP contribution in [0.4, 0.5) is 5.69 Å². The van der Waals surface area contributed by atoms with E-state index in [9.17, 15) is 0 Å². The van der Waals surface area contributed by atoms with Crippen molar-refractivity contribution in [2.24, 2.45) is 5.73 Å². The maximum Gasteiger partial charge on any atom is 0.0642 e. The topological polar surface area (TPSA) is 29.3 Å². The van der Waals surface area contributed by atoms with Gasteiger partial charge in [-0.15, -0.1) is 0 Å². The van der Waals surface area contributed by atoms with Gasteiger partial charge >= 0.3 is 0 Å². The minimum absolute atomic E-state index is 0.509. The van der Waals surface area contributed by atoms with Gasteiger partial charge in [0.1, 0.15) is 0 Å². The van der Waals surface area contributed by atoms with Crippen molar-refractivity contribution in [3.63, 3.8) is 0 Å². The third-order valence-electron chi connectivity index (χ3n) is 2.97. The molecular formula is C15H16BrClN2. The second kappa shape index (κ2) is 6.42. The summed E-state index contributed by atoms with van der Waals surface area (Å²) in [6.45, 7) is 1.32. The lowest BCUT2D eigenvalue weighted by Crippen LogP contribution is -2.16.